The molecule has 0 atom stereocenters. The zero-order chi connectivity index (χ0) is 13.2. The van der Waals surface area contributed by atoms with Crippen molar-refractivity contribution in [3.8, 4) is 0 Å². The first kappa shape index (κ1) is 11.8. The van der Waals surface area contributed by atoms with Gasteiger partial charge in [-0.05, 0) is 31.4 Å². The number of rotatable bonds is 1. The summed E-state index contributed by atoms with van der Waals surface area (Å²) in [5.41, 5.74) is 2.19. The third-order valence-electron chi connectivity index (χ3n) is 3.22. The second-order valence-electron chi connectivity index (χ2n) is 4.64. The fourth-order valence-electron chi connectivity index (χ4n) is 2.35. The summed E-state index contributed by atoms with van der Waals surface area (Å²) in [5.74, 6) is 1.12. The van der Waals surface area contributed by atoms with E-state index in [9.17, 15) is 4.79 Å². The largest absolute Gasteiger partial charge is 0.360 e. The molecule has 1 aliphatic heterocycles. The summed E-state index contributed by atoms with van der Waals surface area (Å²) >= 11 is 0. The van der Waals surface area contributed by atoms with Crippen molar-refractivity contribution >= 4 is 17.5 Å². The first-order valence-corrected chi connectivity index (χ1v) is 6.34. The van der Waals surface area contributed by atoms with E-state index < -0.39 is 0 Å². The summed E-state index contributed by atoms with van der Waals surface area (Å²) in [6, 6.07) is 9.53. The number of hydrogen-bond acceptors (Lipinski definition) is 3. The van der Waals surface area contributed by atoms with Crippen LogP contribution in [0, 0.1) is 6.92 Å². The van der Waals surface area contributed by atoms with Crippen LogP contribution in [-0.2, 0) is 6.42 Å². The average molecular weight is 257 g/mol. The van der Waals surface area contributed by atoms with Crippen LogP contribution in [0.3, 0.4) is 0 Å². The average Bonchev–Trinajstić information content (AvgIpc) is 2.83. The maximum absolute atomic E-state index is 12.3. The van der Waals surface area contributed by atoms with Crippen molar-refractivity contribution in [3.63, 3.8) is 0 Å². The zero-order valence-corrected chi connectivity index (χ0v) is 10.7. The van der Waals surface area contributed by atoms with Gasteiger partial charge in [0, 0.05) is 18.3 Å². The van der Waals surface area contributed by atoms with Crippen LogP contribution in [-0.4, -0.2) is 17.7 Å². The van der Waals surface area contributed by atoms with Crippen LogP contribution >= 0.6 is 0 Å². The number of urea groups is 1. The lowest BCUT2D eigenvalue weighted by Gasteiger charge is -2.29. The number of carbonyl (C=O) groups excluding carboxylic acids is 1. The number of hydrogen-bond donors (Lipinski definition) is 1. The molecular weight excluding hydrogens is 242 g/mol. The Morgan fingerprint density at radius 3 is 3.05 bits per heavy atom. The Labute approximate surface area is 111 Å². The van der Waals surface area contributed by atoms with Crippen LogP contribution in [0.4, 0.5) is 16.3 Å². The van der Waals surface area contributed by atoms with Crippen LogP contribution in [0.5, 0.6) is 0 Å². The normalized spacial score (nSPS) is 14.1. The number of carbonyl (C=O) groups is 1. The predicted molar refractivity (Wildman–Crippen MR) is 72.4 cm³/mol. The van der Waals surface area contributed by atoms with Crippen LogP contribution in [0.25, 0.3) is 0 Å². The van der Waals surface area contributed by atoms with E-state index in [1.54, 1.807) is 17.9 Å². The van der Waals surface area contributed by atoms with Crippen molar-refractivity contribution in [2.45, 2.75) is 19.8 Å². The molecule has 0 spiro atoms. The van der Waals surface area contributed by atoms with Crippen molar-refractivity contribution in [3.05, 3.63) is 41.7 Å². The van der Waals surface area contributed by atoms with Gasteiger partial charge in [0.2, 0.25) is 0 Å². The van der Waals surface area contributed by atoms with E-state index >= 15 is 0 Å². The molecule has 19 heavy (non-hydrogen) atoms. The molecule has 0 saturated carbocycles. The summed E-state index contributed by atoms with van der Waals surface area (Å²) in [6.07, 6.45) is 1.99. The number of benzene rings is 1. The van der Waals surface area contributed by atoms with E-state index in [0.29, 0.717) is 11.6 Å². The number of aromatic nitrogens is 1. The molecule has 0 unspecified atom stereocenters. The predicted octanol–water partition coefficient (Wildman–Crippen LogP) is 2.97. The molecule has 5 nitrogen and oxygen atoms in total. The zero-order valence-electron chi connectivity index (χ0n) is 10.7. The number of para-hydroxylation sites is 1. The molecule has 1 aromatic carbocycles. The van der Waals surface area contributed by atoms with E-state index in [1.807, 2.05) is 18.2 Å². The highest BCUT2D eigenvalue weighted by Gasteiger charge is 2.22. The first-order chi connectivity index (χ1) is 9.24. The Hall–Kier alpha value is -2.30. The highest BCUT2D eigenvalue weighted by atomic mass is 16.5. The molecule has 1 aliphatic rings. The third kappa shape index (κ3) is 2.31. The second kappa shape index (κ2) is 4.76. The molecule has 0 saturated heterocycles. The molecular formula is C14H15N3O2. The van der Waals surface area contributed by atoms with Crippen LogP contribution in [0.2, 0.25) is 0 Å². The lowest BCUT2D eigenvalue weighted by Crippen LogP contribution is -2.38. The van der Waals surface area contributed by atoms with Gasteiger partial charge in [-0.1, -0.05) is 23.4 Å². The molecule has 0 radical (unpaired) electrons. The number of fused-ring (bicyclic) bond motifs is 1. The van der Waals surface area contributed by atoms with Crippen LogP contribution < -0.4 is 10.2 Å². The van der Waals surface area contributed by atoms with Gasteiger partial charge in [-0.15, -0.1) is 0 Å². The molecule has 0 fully saturated rings. The van der Waals surface area contributed by atoms with Crippen molar-refractivity contribution in [2.24, 2.45) is 0 Å². The van der Waals surface area contributed by atoms with E-state index in [4.69, 9.17) is 4.52 Å². The highest BCUT2D eigenvalue weighted by molar-refractivity contribution is 6.01. The molecule has 98 valence electrons. The summed E-state index contributed by atoms with van der Waals surface area (Å²) in [6.45, 7) is 2.51. The Balaban J connectivity index is 1.81. The van der Waals surface area contributed by atoms with Gasteiger partial charge in [-0.25, -0.2) is 4.79 Å². The number of nitrogens with one attached hydrogen (secondary N) is 1. The Morgan fingerprint density at radius 2 is 2.26 bits per heavy atom. The molecule has 2 aromatic rings. The van der Waals surface area contributed by atoms with E-state index in [0.717, 1.165) is 25.1 Å². The van der Waals surface area contributed by atoms with Crippen LogP contribution in [0.1, 0.15) is 17.7 Å². The maximum atomic E-state index is 12.3. The van der Waals surface area contributed by atoms with Gasteiger partial charge in [0.25, 0.3) is 0 Å². The van der Waals surface area contributed by atoms with Crippen molar-refractivity contribution in [1.82, 2.24) is 5.16 Å². The Morgan fingerprint density at radius 1 is 1.42 bits per heavy atom. The van der Waals surface area contributed by atoms with Crippen molar-refractivity contribution < 1.29 is 9.32 Å². The molecule has 0 bridgehead atoms. The maximum Gasteiger partial charge on any atom is 0.327 e. The number of nitrogens with zero attached hydrogens (tertiary/aromatic N) is 2. The fourth-order valence-corrected chi connectivity index (χ4v) is 2.35. The van der Waals surface area contributed by atoms with E-state index in [2.05, 4.69) is 16.5 Å². The first-order valence-electron chi connectivity index (χ1n) is 6.34. The molecule has 2 amide bonds. The minimum atomic E-state index is -0.166. The monoisotopic (exact) mass is 257 g/mol. The number of amides is 2. The third-order valence-corrected chi connectivity index (χ3v) is 3.22. The van der Waals surface area contributed by atoms with Gasteiger partial charge >= 0.3 is 6.03 Å². The van der Waals surface area contributed by atoms with Gasteiger partial charge in [-0.3, -0.25) is 10.2 Å². The van der Waals surface area contributed by atoms with Crippen molar-refractivity contribution in [1.29, 1.82) is 0 Å². The minimum absolute atomic E-state index is 0.166. The van der Waals surface area contributed by atoms with Gasteiger partial charge in [0.05, 0.1) is 0 Å². The summed E-state index contributed by atoms with van der Waals surface area (Å²) in [5, 5.41) is 6.53. The molecule has 5 heteroatoms. The van der Waals surface area contributed by atoms with Gasteiger partial charge in [0.1, 0.15) is 5.76 Å². The lowest BCUT2D eigenvalue weighted by molar-refractivity contribution is 0.256. The van der Waals surface area contributed by atoms with Crippen LogP contribution in [0.15, 0.2) is 34.9 Å². The van der Waals surface area contributed by atoms with Gasteiger partial charge in [-0.2, -0.15) is 0 Å². The van der Waals surface area contributed by atoms with E-state index in [1.165, 1.54) is 5.56 Å². The molecule has 3 rings (SSSR count). The van der Waals surface area contributed by atoms with Gasteiger partial charge in [0.15, 0.2) is 5.82 Å². The SMILES string of the molecule is Cc1cc(NC(=O)N2CCCc3ccccc32)no1. The molecule has 1 aromatic heterocycles. The van der Waals surface area contributed by atoms with Crippen molar-refractivity contribution in [2.75, 3.05) is 16.8 Å². The lowest BCUT2D eigenvalue weighted by atomic mass is 10.0. The smallest absolute Gasteiger partial charge is 0.327 e. The number of anilines is 2. The minimum Gasteiger partial charge on any atom is -0.360 e. The molecule has 0 aliphatic carbocycles. The summed E-state index contributed by atoms with van der Waals surface area (Å²) < 4.78 is 4.94. The topological polar surface area (TPSA) is 58.4 Å². The Bertz CT molecular complexity index is 606. The second-order valence-corrected chi connectivity index (χ2v) is 4.64. The summed E-state index contributed by atoms with van der Waals surface area (Å²) in [4.78, 5) is 14.0. The fraction of sp³-hybridized carbons (Fsp3) is 0.286. The van der Waals surface area contributed by atoms with Gasteiger partial charge < -0.3 is 4.52 Å². The molecule has 1 N–H and O–H groups in total. The summed E-state index contributed by atoms with van der Waals surface area (Å²) in [7, 11) is 0. The number of aryl methyl sites for hydroxylation is 2. The standard InChI is InChI=1S/C14H15N3O2/c1-10-9-13(16-19-10)15-14(18)17-8-4-6-11-5-2-3-7-12(11)17/h2-3,5,7,9H,4,6,8H2,1H3,(H,15,16,18). The molecule has 2 heterocycles. The van der Waals surface area contributed by atoms with E-state index in [-0.39, 0.29) is 6.03 Å². The Kier molecular flexibility index (Phi) is 2.95. The highest BCUT2D eigenvalue weighted by Crippen LogP contribution is 2.27. The quantitative estimate of drug-likeness (QED) is 0.854.